The molecular weight excluding hydrogens is 335 g/mol. The topological polar surface area (TPSA) is 42.0 Å². The molecule has 1 N–H and O–H groups in total. The summed E-state index contributed by atoms with van der Waals surface area (Å²) in [6, 6.07) is 13.9. The largest absolute Gasteiger partial charge is 0.298 e. The maximum atomic E-state index is 13.2. The Kier molecular flexibility index (Phi) is 5.24. The molecule has 0 aliphatic rings. The first-order valence-corrected chi connectivity index (χ1v) is 9.07. The normalized spacial score (nSPS) is 12.0. The molecular formula is C20H19FN2OS. The van der Waals surface area contributed by atoms with Gasteiger partial charge in [0, 0.05) is 16.5 Å². The van der Waals surface area contributed by atoms with E-state index in [-0.39, 0.29) is 11.5 Å². The molecule has 1 heterocycles. The summed E-state index contributed by atoms with van der Waals surface area (Å²) in [7, 11) is 0. The SMILES string of the molecule is CCC(C)c1ccc(-c2csc(NC(=O)c3cccc(F)c3)n2)cc1. The van der Waals surface area contributed by atoms with Gasteiger partial charge in [0.15, 0.2) is 5.13 Å². The molecule has 5 heteroatoms. The number of carbonyl (C=O) groups is 1. The van der Waals surface area contributed by atoms with E-state index in [0.29, 0.717) is 11.0 Å². The molecule has 3 nitrogen and oxygen atoms in total. The molecule has 2 aromatic carbocycles. The van der Waals surface area contributed by atoms with Crippen LogP contribution in [0.25, 0.3) is 11.3 Å². The lowest BCUT2D eigenvalue weighted by Crippen LogP contribution is -2.11. The predicted molar refractivity (Wildman–Crippen MR) is 101 cm³/mol. The van der Waals surface area contributed by atoms with Gasteiger partial charge in [0.2, 0.25) is 0 Å². The van der Waals surface area contributed by atoms with Crippen LogP contribution in [-0.2, 0) is 0 Å². The van der Waals surface area contributed by atoms with Crippen molar-refractivity contribution in [1.29, 1.82) is 0 Å². The maximum Gasteiger partial charge on any atom is 0.257 e. The number of benzene rings is 2. The Balaban J connectivity index is 1.73. The van der Waals surface area contributed by atoms with E-state index in [1.165, 1.54) is 35.1 Å². The Labute approximate surface area is 150 Å². The van der Waals surface area contributed by atoms with Gasteiger partial charge in [-0.3, -0.25) is 10.1 Å². The van der Waals surface area contributed by atoms with Gasteiger partial charge in [0.05, 0.1) is 5.69 Å². The van der Waals surface area contributed by atoms with Gasteiger partial charge in [0.1, 0.15) is 5.82 Å². The van der Waals surface area contributed by atoms with Crippen molar-refractivity contribution in [3.8, 4) is 11.3 Å². The average Bonchev–Trinajstić information content (AvgIpc) is 3.09. The summed E-state index contributed by atoms with van der Waals surface area (Å²) in [5.74, 6) is -0.271. The van der Waals surface area contributed by atoms with E-state index in [9.17, 15) is 9.18 Å². The molecule has 3 rings (SSSR count). The van der Waals surface area contributed by atoms with E-state index < -0.39 is 5.82 Å². The van der Waals surface area contributed by atoms with Crippen LogP contribution in [0.4, 0.5) is 9.52 Å². The summed E-state index contributed by atoms with van der Waals surface area (Å²) < 4.78 is 13.2. The number of hydrogen-bond donors (Lipinski definition) is 1. The lowest BCUT2D eigenvalue weighted by molar-refractivity contribution is 0.102. The van der Waals surface area contributed by atoms with Crippen molar-refractivity contribution in [2.75, 3.05) is 5.32 Å². The first-order valence-electron chi connectivity index (χ1n) is 8.19. The quantitative estimate of drug-likeness (QED) is 0.637. The van der Waals surface area contributed by atoms with Gasteiger partial charge in [-0.2, -0.15) is 0 Å². The van der Waals surface area contributed by atoms with Gasteiger partial charge < -0.3 is 0 Å². The van der Waals surface area contributed by atoms with E-state index in [0.717, 1.165) is 17.7 Å². The fourth-order valence-electron chi connectivity index (χ4n) is 2.48. The van der Waals surface area contributed by atoms with E-state index >= 15 is 0 Å². The Morgan fingerprint density at radius 2 is 2.00 bits per heavy atom. The Hall–Kier alpha value is -2.53. The lowest BCUT2D eigenvalue weighted by atomic mass is 9.97. The lowest BCUT2D eigenvalue weighted by Gasteiger charge is -2.08. The summed E-state index contributed by atoms with van der Waals surface area (Å²) in [4.78, 5) is 16.6. The monoisotopic (exact) mass is 354 g/mol. The first-order chi connectivity index (χ1) is 12.1. The second kappa shape index (κ2) is 7.57. The minimum atomic E-state index is -0.436. The minimum Gasteiger partial charge on any atom is -0.298 e. The summed E-state index contributed by atoms with van der Waals surface area (Å²) in [6.45, 7) is 4.38. The fourth-order valence-corrected chi connectivity index (χ4v) is 3.20. The van der Waals surface area contributed by atoms with Crippen molar-refractivity contribution in [3.63, 3.8) is 0 Å². The molecule has 0 aliphatic heterocycles. The van der Waals surface area contributed by atoms with Gasteiger partial charge >= 0.3 is 0 Å². The van der Waals surface area contributed by atoms with Crippen molar-refractivity contribution in [2.45, 2.75) is 26.2 Å². The number of aromatic nitrogens is 1. The Morgan fingerprint density at radius 1 is 1.24 bits per heavy atom. The third kappa shape index (κ3) is 4.12. The fraction of sp³-hybridized carbons (Fsp3) is 0.200. The van der Waals surface area contributed by atoms with Crippen molar-refractivity contribution in [2.24, 2.45) is 0 Å². The summed E-state index contributed by atoms with van der Waals surface area (Å²) >= 11 is 1.35. The molecule has 0 saturated heterocycles. The molecule has 0 fully saturated rings. The van der Waals surface area contributed by atoms with E-state index in [1.807, 2.05) is 5.38 Å². The second-order valence-corrected chi connectivity index (χ2v) is 6.79. The molecule has 25 heavy (non-hydrogen) atoms. The van der Waals surface area contributed by atoms with Gasteiger partial charge in [-0.1, -0.05) is 44.2 Å². The molecule has 0 saturated carbocycles. The smallest absolute Gasteiger partial charge is 0.257 e. The average molecular weight is 354 g/mol. The summed E-state index contributed by atoms with van der Waals surface area (Å²) in [5.41, 5.74) is 3.40. The van der Waals surface area contributed by atoms with Crippen molar-refractivity contribution in [3.05, 3.63) is 70.9 Å². The molecule has 1 unspecified atom stereocenters. The molecule has 1 amide bonds. The van der Waals surface area contributed by atoms with Crippen molar-refractivity contribution in [1.82, 2.24) is 4.98 Å². The first kappa shape index (κ1) is 17.3. The standard InChI is InChI=1S/C20H19FN2OS/c1-3-13(2)14-7-9-15(10-8-14)18-12-25-20(22-18)23-19(24)16-5-4-6-17(21)11-16/h4-13H,3H2,1-2H3,(H,22,23,24). The number of rotatable bonds is 5. The van der Waals surface area contributed by atoms with E-state index in [1.54, 1.807) is 6.07 Å². The van der Waals surface area contributed by atoms with Gasteiger partial charge in [-0.05, 0) is 36.1 Å². The van der Waals surface area contributed by atoms with Crippen LogP contribution in [0.15, 0.2) is 53.9 Å². The highest BCUT2D eigenvalue weighted by molar-refractivity contribution is 7.14. The highest BCUT2D eigenvalue weighted by Gasteiger charge is 2.11. The van der Waals surface area contributed by atoms with Crippen LogP contribution in [0.2, 0.25) is 0 Å². The Morgan fingerprint density at radius 3 is 2.68 bits per heavy atom. The van der Waals surface area contributed by atoms with Crippen LogP contribution in [0.5, 0.6) is 0 Å². The third-order valence-electron chi connectivity index (χ3n) is 4.20. The van der Waals surface area contributed by atoms with Gasteiger partial charge in [-0.15, -0.1) is 11.3 Å². The van der Waals surface area contributed by atoms with Crippen LogP contribution in [0.3, 0.4) is 0 Å². The zero-order valence-corrected chi connectivity index (χ0v) is 14.9. The number of nitrogens with one attached hydrogen (secondary N) is 1. The summed E-state index contributed by atoms with van der Waals surface area (Å²) in [6.07, 6.45) is 1.10. The van der Waals surface area contributed by atoms with E-state index in [4.69, 9.17) is 0 Å². The van der Waals surface area contributed by atoms with Crippen LogP contribution >= 0.6 is 11.3 Å². The van der Waals surface area contributed by atoms with Crippen LogP contribution in [-0.4, -0.2) is 10.9 Å². The third-order valence-corrected chi connectivity index (χ3v) is 4.96. The van der Waals surface area contributed by atoms with Gasteiger partial charge in [-0.25, -0.2) is 9.37 Å². The van der Waals surface area contributed by atoms with Crippen LogP contribution in [0, 0.1) is 5.82 Å². The number of hydrogen-bond acceptors (Lipinski definition) is 3. The number of nitrogens with zero attached hydrogens (tertiary/aromatic N) is 1. The second-order valence-electron chi connectivity index (χ2n) is 5.93. The van der Waals surface area contributed by atoms with Crippen LogP contribution in [0.1, 0.15) is 42.1 Å². The summed E-state index contributed by atoms with van der Waals surface area (Å²) in [5, 5.41) is 5.11. The van der Waals surface area contributed by atoms with Crippen molar-refractivity contribution >= 4 is 22.4 Å². The number of thiazole rings is 1. The highest BCUT2D eigenvalue weighted by atomic mass is 32.1. The zero-order chi connectivity index (χ0) is 17.8. The molecule has 3 aromatic rings. The molecule has 0 aliphatic carbocycles. The molecule has 0 bridgehead atoms. The van der Waals surface area contributed by atoms with Gasteiger partial charge in [0.25, 0.3) is 5.91 Å². The van der Waals surface area contributed by atoms with Crippen LogP contribution < -0.4 is 5.32 Å². The highest BCUT2D eigenvalue weighted by Crippen LogP contribution is 2.27. The van der Waals surface area contributed by atoms with E-state index in [2.05, 4.69) is 48.4 Å². The Bertz CT molecular complexity index is 873. The van der Waals surface area contributed by atoms with Crippen molar-refractivity contribution < 1.29 is 9.18 Å². The predicted octanol–water partition coefficient (Wildman–Crippen LogP) is 5.72. The number of anilines is 1. The number of carbonyl (C=O) groups excluding carboxylic acids is 1. The molecule has 0 radical (unpaired) electrons. The molecule has 0 spiro atoms. The maximum absolute atomic E-state index is 13.2. The molecule has 128 valence electrons. The molecule has 1 aromatic heterocycles. The zero-order valence-electron chi connectivity index (χ0n) is 14.1. The number of halogens is 1. The molecule has 1 atom stereocenters. The minimum absolute atomic E-state index is 0.273. The number of amides is 1.